The van der Waals surface area contributed by atoms with Gasteiger partial charge in [0.1, 0.15) is 0 Å². The van der Waals surface area contributed by atoms with Crippen molar-refractivity contribution in [1.82, 2.24) is 0 Å². The lowest BCUT2D eigenvalue weighted by atomic mass is 10.1. The van der Waals surface area contributed by atoms with E-state index in [9.17, 15) is 9.00 Å². The Balaban J connectivity index is 2.87. The summed E-state index contributed by atoms with van der Waals surface area (Å²) >= 11 is 3.56. The second-order valence-corrected chi connectivity index (χ2v) is 3.85. The average Bonchev–Trinajstić information content (AvgIpc) is 2.08. The van der Waals surface area contributed by atoms with Crippen LogP contribution in [0.1, 0.15) is 5.56 Å². The Kier molecular flexibility index (Phi) is 4.07. The molecule has 0 saturated heterocycles. The molecule has 0 amide bonds. The van der Waals surface area contributed by atoms with Crippen LogP contribution in [-0.4, -0.2) is 19.8 Å². The zero-order valence-electron chi connectivity index (χ0n) is 7.44. The van der Waals surface area contributed by atoms with Crippen molar-refractivity contribution in [3.05, 3.63) is 28.8 Å². The Bertz CT molecular complexity index is 410. The number of nitrogens with one attached hydrogen (secondary N) is 1. The van der Waals surface area contributed by atoms with Crippen molar-refractivity contribution in [2.75, 3.05) is 4.72 Å². The number of carboxylic acid groups (broad SMARTS) is 1. The van der Waals surface area contributed by atoms with Crippen molar-refractivity contribution in [2.24, 2.45) is 0 Å². The summed E-state index contributed by atoms with van der Waals surface area (Å²) in [7, 11) is 0. The quantitative estimate of drug-likeness (QED) is 0.706. The number of benzene rings is 1. The number of carbonyl (C=O) groups is 1. The molecule has 0 heterocycles. The van der Waals surface area contributed by atoms with Crippen molar-refractivity contribution < 1.29 is 18.7 Å². The molecule has 5 nitrogen and oxygen atoms in total. The average molecular weight is 250 g/mol. The fraction of sp³-hybridized carbons (Fsp3) is 0.125. The Morgan fingerprint density at radius 1 is 1.53 bits per heavy atom. The van der Waals surface area contributed by atoms with E-state index in [0.717, 1.165) is 0 Å². The molecular formula is C8H8ClNO4S. The molecule has 0 saturated carbocycles. The van der Waals surface area contributed by atoms with E-state index in [2.05, 4.69) is 4.72 Å². The lowest BCUT2D eigenvalue weighted by Gasteiger charge is -2.05. The largest absolute Gasteiger partial charge is 0.481 e. The molecule has 0 aliphatic heterocycles. The van der Waals surface area contributed by atoms with Gasteiger partial charge in [-0.2, -0.15) is 0 Å². The predicted molar refractivity (Wildman–Crippen MR) is 57.2 cm³/mol. The summed E-state index contributed by atoms with van der Waals surface area (Å²) < 4.78 is 21.2. The van der Waals surface area contributed by atoms with Gasteiger partial charge in [0.25, 0.3) is 11.3 Å². The van der Waals surface area contributed by atoms with Crippen LogP contribution in [0.5, 0.6) is 0 Å². The summed E-state index contributed by atoms with van der Waals surface area (Å²) in [4.78, 5) is 10.4. The highest BCUT2D eigenvalue weighted by Gasteiger charge is 2.06. The number of anilines is 1. The van der Waals surface area contributed by atoms with Gasteiger partial charge >= 0.3 is 5.97 Å². The van der Waals surface area contributed by atoms with Gasteiger partial charge in [-0.05, 0) is 17.7 Å². The highest BCUT2D eigenvalue weighted by Crippen LogP contribution is 2.23. The van der Waals surface area contributed by atoms with Crippen molar-refractivity contribution >= 4 is 34.5 Å². The molecule has 0 bridgehead atoms. The van der Waals surface area contributed by atoms with Crippen molar-refractivity contribution in [2.45, 2.75) is 6.42 Å². The summed E-state index contributed by atoms with van der Waals surface area (Å²) in [5, 5.41) is 8.73. The van der Waals surface area contributed by atoms with Crippen LogP contribution in [0.4, 0.5) is 5.69 Å². The maximum atomic E-state index is 10.4. The van der Waals surface area contributed by atoms with E-state index >= 15 is 0 Å². The molecule has 0 fully saturated rings. The third-order valence-electron chi connectivity index (χ3n) is 1.59. The second-order valence-electron chi connectivity index (χ2n) is 2.74. The smallest absolute Gasteiger partial charge is 0.307 e. The van der Waals surface area contributed by atoms with Crippen LogP contribution in [0.25, 0.3) is 0 Å². The molecule has 0 aliphatic rings. The molecule has 1 unspecified atom stereocenters. The van der Waals surface area contributed by atoms with E-state index < -0.39 is 17.2 Å². The van der Waals surface area contributed by atoms with Crippen LogP contribution in [0.3, 0.4) is 0 Å². The predicted octanol–water partition coefficient (Wildman–Crippen LogP) is 1.52. The number of hydrogen-bond donors (Lipinski definition) is 3. The van der Waals surface area contributed by atoms with Gasteiger partial charge in [0.05, 0.1) is 17.1 Å². The van der Waals surface area contributed by atoms with Crippen LogP contribution >= 0.6 is 11.6 Å². The summed E-state index contributed by atoms with van der Waals surface area (Å²) in [5.74, 6) is -0.961. The van der Waals surface area contributed by atoms with Crippen LogP contribution in [0.2, 0.25) is 5.02 Å². The molecule has 1 aromatic carbocycles. The third kappa shape index (κ3) is 3.86. The van der Waals surface area contributed by atoms with Gasteiger partial charge in [0.15, 0.2) is 0 Å². The van der Waals surface area contributed by atoms with Gasteiger partial charge in [0, 0.05) is 0 Å². The zero-order valence-corrected chi connectivity index (χ0v) is 9.01. The molecule has 82 valence electrons. The molecule has 0 spiro atoms. The maximum Gasteiger partial charge on any atom is 0.307 e. The Morgan fingerprint density at radius 2 is 2.20 bits per heavy atom. The Hall–Kier alpha value is -1.11. The van der Waals surface area contributed by atoms with Crippen molar-refractivity contribution in [1.29, 1.82) is 0 Å². The third-order valence-corrected chi connectivity index (χ3v) is 2.29. The van der Waals surface area contributed by atoms with Gasteiger partial charge in [-0.1, -0.05) is 17.7 Å². The lowest BCUT2D eigenvalue weighted by molar-refractivity contribution is -0.136. The number of aliphatic carboxylic acids is 1. The molecule has 1 atom stereocenters. The first-order valence-electron chi connectivity index (χ1n) is 3.87. The molecule has 3 N–H and O–H groups in total. The lowest BCUT2D eigenvalue weighted by Crippen LogP contribution is -2.04. The minimum Gasteiger partial charge on any atom is -0.481 e. The van der Waals surface area contributed by atoms with E-state index in [-0.39, 0.29) is 17.1 Å². The molecule has 0 aliphatic carbocycles. The summed E-state index contributed by atoms with van der Waals surface area (Å²) in [5.41, 5.74) is 0.813. The molecule has 0 aromatic heterocycles. The number of hydrogen-bond acceptors (Lipinski definition) is 2. The SMILES string of the molecule is O=C(O)Cc1ccc(NS(=O)O)c(Cl)c1. The molecule has 1 rings (SSSR count). The van der Waals surface area contributed by atoms with E-state index in [4.69, 9.17) is 21.3 Å². The topological polar surface area (TPSA) is 86.6 Å². The van der Waals surface area contributed by atoms with Gasteiger partial charge in [-0.15, -0.1) is 0 Å². The molecular weight excluding hydrogens is 242 g/mol. The summed E-state index contributed by atoms with van der Waals surface area (Å²) in [6.07, 6.45) is -0.137. The van der Waals surface area contributed by atoms with Gasteiger partial charge in [-0.3, -0.25) is 14.1 Å². The van der Waals surface area contributed by atoms with Crippen molar-refractivity contribution in [3.63, 3.8) is 0 Å². The molecule has 15 heavy (non-hydrogen) atoms. The normalized spacial score (nSPS) is 12.1. The number of rotatable bonds is 4. The van der Waals surface area contributed by atoms with E-state index in [1.54, 1.807) is 0 Å². The maximum absolute atomic E-state index is 10.4. The van der Waals surface area contributed by atoms with E-state index in [0.29, 0.717) is 5.56 Å². The standard InChI is InChI=1S/C8H8ClNO4S/c9-6-3-5(4-8(11)12)1-2-7(6)10-15(13)14/h1-3,10H,4H2,(H,11,12)(H,13,14). The highest BCUT2D eigenvalue weighted by molar-refractivity contribution is 7.80. The van der Waals surface area contributed by atoms with Crippen molar-refractivity contribution in [3.8, 4) is 0 Å². The molecule has 1 aromatic rings. The fourth-order valence-corrected chi connectivity index (χ4v) is 1.69. The monoisotopic (exact) mass is 249 g/mol. The van der Waals surface area contributed by atoms with Gasteiger partial charge in [0.2, 0.25) is 0 Å². The van der Waals surface area contributed by atoms with E-state index in [1.165, 1.54) is 18.2 Å². The second kappa shape index (κ2) is 5.11. The van der Waals surface area contributed by atoms with Crippen LogP contribution in [-0.2, 0) is 22.5 Å². The Labute approximate surface area is 93.5 Å². The van der Waals surface area contributed by atoms with Gasteiger partial charge < -0.3 is 5.11 Å². The first-order valence-corrected chi connectivity index (χ1v) is 5.35. The zero-order chi connectivity index (χ0) is 11.4. The van der Waals surface area contributed by atoms with Crippen LogP contribution in [0.15, 0.2) is 18.2 Å². The summed E-state index contributed by atoms with van der Waals surface area (Å²) in [6.45, 7) is 0. The van der Waals surface area contributed by atoms with Crippen LogP contribution in [0, 0.1) is 0 Å². The fourth-order valence-electron chi connectivity index (χ4n) is 1.02. The first-order chi connectivity index (χ1) is 6.99. The minimum atomic E-state index is -2.19. The highest BCUT2D eigenvalue weighted by atomic mass is 35.5. The summed E-state index contributed by atoms with van der Waals surface area (Å²) in [6, 6.07) is 4.41. The number of halogens is 1. The van der Waals surface area contributed by atoms with Crippen LogP contribution < -0.4 is 4.72 Å². The van der Waals surface area contributed by atoms with Gasteiger partial charge in [-0.25, -0.2) is 4.21 Å². The van der Waals surface area contributed by atoms with E-state index in [1.807, 2.05) is 0 Å². The minimum absolute atomic E-state index is 0.137. The molecule has 7 heteroatoms. The Morgan fingerprint density at radius 3 is 2.67 bits per heavy atom. The molecule has 0 radical (unpaired) electrons. The first kappa shape index (κ1) is 12.0. The number of carboxylic acids is 1.